The van der Waals surface area contributed by atoms with Gasteiger partial charge in [-0.3, -0.25) is 9.88 Å². The van der Waals surface area contributed by atoms with Crippen molar-refractivity contribution in [2.45, 2.75) is 32.9 Å². The SMILES string of the molecule is CCC1CNCCN1Cc1cc(OC)cc(C)n1. The molecule has 1 unspecified atom stereocenters. The van der Waals surface area contributed by atoms with Crippen LogP contribution in [-0.4, -0.2) is 42.7 Å². The molecule has 1 aliphatic heterocycles. The van der Waals surface area contributed by atoms with Gasteiger partial charge >= 0.3 is 0 Å². The molecule has 0 aliphatic carbocycles. The molecule has 0 saturated carbocycles. The summed E-state index contributed by atoms with van der Waals surface area (Å²) in [5.74, 6) is 0.903. The van der Waals surface area contributed by atoms with Crippen LogP contribution in [0.5, 0.6) is 5.75 Å². The lowest BCUT2D eigenvalue weighted by Gasteiger charge is -2.35. The van der Waals surface area contributed by atoms with Crippen LogP contribution in [-0.2, 0) is 6.54 Å². The second-order valence-corrected chi connectivity index (χ2v) is 4.88. The van der Waals surface area contributed by atoms with Crippen molar-refractivity contribution in [3.8, 4) is 5.75 Å². The zero-order valence-electron chi connectivity index (χ0n) is 11.6. The molecule has 18 heavy (non-hydrogen) atoms. The Kier molecular flexibility index (Phi) is 4.55. The van der Waals surface area contributed by atoms with E-state index in [4.69, 9.17) is 4.74 Å². The van der Waals surface area contributed by atoms with Gasteiger partial charge < -0.3 is 10.1 Å². The minimum atomic E-state index is 0.618. The summed E-state index contributed by atoms with van der Waals surface area (Å²) in [6.07, 6.45) is 1.18. The minimum Gasteiger partial charge on any atom is -0.497 e. The Morgan fingerprint density at radius 1 is 1.50 bits per heavy atom. The summed E-state index contributed by atoms with van der Waals surface area (Å²) in [7, 11) is 1.71. The first-order chi connectivity index (χ1) is 8.72. The van der Waals surface area contributed by atoms with Gasteiger partial charge in [-0.2, -0.15) is 0 Å². The van der Waals surface area contributed by atoms with Crippen LogP contribution >= 0.6 is 0 Å². The number of aromatic nitrogens is 1. The fraction of sp³-hybridized carbons (Fsp3) is 0.643. The average Bonchev–Trinajstić information content (AvgIpc) is 2.38. The van der Waals surface area contributed by atoms with E-state index < -0.39 is 0 Å². The van der Waals surface area contributed by atoms with E-state index in [0.29, 0.717) is 6.04 Å². The van der Waals surface area contributed by atoms with Gasteiger partial charge in [-0.1, -0.05) is 6.92 Å². The zero-order chi connectivity index (χ0) is 13.0. The first kappa shape index (κ1) is 13.3. The highest BCUT2D eigenvalue weighted by Gasteiger charge is 2.20. The molecule has 1 aliphatic rings. The summed E-state index contributed by atoms with van der Waals surface area (Å²) in [5.41, 5.74) is 2.12. The number of pyridine rings is 1. The van der Waals surface area contributed by atoms with Crippen LogP contribution in [0.15, 0.2) is 12.1 Å². The molecule has 1 aromatic heterocycles. The first-order valence-electron chi connectivity index (χ1n) is 6.69. The summed E-state index contributed by atoms with van der Waals surface area (Å²) < 4.78 is 5.31. The first-order valence-corrected chi connectivity index (χ1v) is 6.69. The Hall–Kier alpha value is -1.13. The highest BCUT2D eigenvalue weighted by atomic mass is 16.5. The van der Waals surface area contributed by atoms with E-state index in [1.165, 1.54) is 6.42 Å². The third kappa shape index (κ3) is 3.21. The summed E-state index contributed by atoms with van der Waals surface area (Å²) in [5, 5.41) is 3.45. The molecule has 0 spiro atoms. The van der Waals surface area contributed by atoms with Crippen molar-refractivity contribution < 1.29 is 4.74 Å². The molecular weight excluding hydrogens is 226 g/mol. The summed E-state index contributed by atoms with van der Waals surface area (Å²) in [6.45, 7) is 8.42. The highest BCUT2D eigenvalue weighted by molar-refractivity contribution is 5.26. The summed E-state index contributed by atoms with van der Waals surface area (Å²) in [4.78, 5) is 7.11. The second kappa shape index (κ2) is 6.16. The fourth-order valence-electron chi connectivity index (χ4n) is 2.52. The number of nitrogens with one attached hydrogen (secondary N) is 1. The predicted octanol–water partition coefficient (Wildman–Crippen LogP) is 1.58. The molecule has 4 heteroatoms. The van der Waals surface area contributed by atoms with E-state index in [1.807, 2.05) is 19.1 Å². The summed E-state index contributed by atoms with van der Waals surface area (Å²) in [6, 6.07) is 4.63. The molecule has 0 radical (unpaired) electrons. The molecule has 0 amide bonds. The van der Waals surface area contributed by atoms with E-state index in [9.17, 15) is 0 Å². The van der Waals surface area contributed by atoms with E-state index in [0.717, 1.165) is 43.3 Å². The van der Waals surface area contributed by atoms with Crippen LogP contribution in [0.3, 0.4) is 0 Å². The van der Waals surface area contributed by atoms with Crippen molar-refractivity contribution in [1.82, 2.24) is 15.2 Å². The van der Waals surface area contributed by atoms with Gasteiger partial charge in [0, 0.05) is 50.0 Å². The third-order valence-electron chi connectivity index (χ3n) is 3.52. The van der Waals surface area contributed by atoms with E-state index in [-0.39, 0.29) is 0 Å². The second-order valence-electron chi connectivity index (χ2n) is 4.88. The molecule has 1 saturated heterocycles. The molecular formula is C14H23N3O. The number of ether oxygens (including phenoxy) is 1. The van der Waals surface area contributed by atoms with Crippen molar-refractivity contribution in [2.75, 3.05) is 26.7 Å². The van der Waals surface area contributed by atoms with E-state index in [1.54, 1.807) is 7.11 Å². The van der Waals surface area contributed by atoms with Crippen molar-refractivity contribution >= 4 is 0 Å². The van der Waals surface area contributed by atoms with Crippen LogP contribution in [0, 0.1) is 6.92 Å². The standard InChI is InChI=1S/C14H23N3O/c1-4-13-9-15-5-6-17(13)10-12-8-14(18-3)7-11(2)16-12/h7-8,13,15H,4-6,9-10H2,1-3H3. The van der Waals surface area contributed by atoms with Gasteiger partial charge in [-0.25, -0.2) is 0 Å². The van der Waals surface area contributed by atoms with Gasteiger partial charge in [-0.05, 0) is 13.3 Å². The van der Waals surface area contributed by atoms with Gasteiger partial charge in [0.25, 0.3) is 0 Å². The third-order valence-corrected chi connectivity index (χ3v) is 3.52. The number of aryl methyl sites for hydroxylation is 1. The average molecular weight is 249 g/mol. The monoisotopic (exact) mass is 249 g/mol. The number of hydrogen-bond acceptors (Lipinski definition) is 4. The van der Waals surface area contributed by atoms with Gasteiger partial charge in [0.05, 0.1) is 12.8 Å². The molecule has 100 valence electrons. The Bertz CT molecular complexity index is 395. The molecule has 0 aromatic carbocycles. The molecule has 2 heterocycles. The van der Waals surface area contributed by atoms with Crippen molar-refractivity contribution in [1.29, 1.82) is 0 Å². The van der Waals surface area contributed by atoms with Crippen molar-refractivity contribution in [2.24, 2.45) is 0 Å². The van der Waals surface area contributed by atoms with Crippen LogP contribution < -0.4 is 10.1 Å². The summed E-state index contributed by atoms with van der Waals surface area (Å²) >= 11 is 0. The molecule has 0 bridgehead atoms. The number of piperazine rings is 1. The lowest BCUT2D eigenvalue weighted by atomic mass is 10.1. The van der Waals surface area contributed by atoms with Crippen LogP contribution in [0.4, 0.5) is 0 Å². The number of rotatable bonds is 4. The largest absolute Gasteiger partial charge is 0.497 e. The number of hydrogen-bond donors (Lipinski definition) is 1. The zero-order valence-corrected chi connectivity index (χ0v) is 11.6. The van der Waals surface area contributed by atoms with Crippen LogP contribution in [0.25, 0.3) is 0 Å². The number of nitrogens with zero attached hydrogens (tertiary/aromatic N) is 2. The van der Waals surface area contributed by atoms with Crippen molar-refractivity contribution in [3.63, 3.8) is 0 Å². The smallest absolute Gasteiger partial charge is 0.122 e. The topological polar surface area (TPSA) is 37.4 Å². The van der Waals surface area contributed by atoms with Gasteiger partial charge in [0.15, 0.2) is 0 Å². The van der Waals surface area contributed by atoms with Crippen LogP contribution in [0.1, 0.15) is 24.7 Å². The maximum Gasteiger partial charge on any atom is 0.122 e. The molecule has 1 atom stereocenters. The molecule has 2 rings (SSSR count). The Labute approximate surface area is 109 Å². The van der Waals surface area contributed by atoms with Crippen LogP contribution in [0.2, 0.25) is 0 Å². The maximum atomic E-state index is 5.31. The Morgan fingerprint density at radius 3 is 3.06 bits per heavy atom. The maximum absolute atomic E-state index is 5.31. The quantitative estimate of drug-likeness (QED) is 0.879. The van der Waals surface area contributed by atoms with E-state index >= 15 is 0 Å². The highest BCUT2D eigenvalue weighted by Crippen LogP contribution is 2.17. The number of methoxy groups -OCH3 is 1. The van der Waals surface area contributed by atoms with Gasteiger partial charge in [-0.15, -0.1) is 0 Å². The normalized spacial score (nSPS) is 20.9. The fourth-order valence-corrected chi connectivity index (χ4v) is 2.52. The molecule has 1 N–H and O–H groups in total. The molecule has 4 nitrogen and oxygen atoms in total. The van der Waals surface area contributed by atoms with Crippen molar-refractivity contribution in [3.05, 3.63) is 23.5 Å². The minimum absolute atomic E-state index is 0.618. The van der Waals surface area contributed by atoms with E-state index in [2.05, 4.69) is 22.1 Å². The molecule has 1 aromatic rings. The Balaban J connectivity index is 2.09. The predicted molar refractivity (Wildman–Crippen MR) is 72.9 cm³/mol. The van der Waals surface area contributed by atoms with Gasteiger partial charge in [0.1, 0.15) is 5.75 Å². The Morgan fingerprint density at radius 2 is 2.33 bits per heavy atom. The lowest BCUT2D eigenvalue weighted by molar-refractivity contribution is 0.147. The molecule has 1 fully saturated rings. The lowest BCUT2D eigenvalue weighted by Crippen LogP contribution is -2.50. The van der Waals surface area contributed by atoms with Gasteiger partial charge in [0.2, 0.25) is 0 Å².